The molecule has 1 unspecified atom stereocenters. The SMILES string of the molecule is N#CC1=C(N)Oc2cc(OC(=O)Cc3ccc(Cl)cc3)ccc2C1c1ccc(OCc2ccccc2)cc1. The lowest BCUT2D eigenvalue weighted by atomic mass is 9.83. The van der Waals surface area contributed by atoms with Gasteiger partial charge in [0.1, 0.15) is 35.5 Å². The van der Waals surface area contributed by atoms with Crippen molar-refractivity contribution in [2.45, 2.75) is 18.9 Å². The molecule has 0 spiro atoms. The van der Waals surface area contributed by atoms with E-state index in [1.54, 1.807) is 42.5 Å². The van der Waals surface area contributed by atoms with Crippen LogP contribution in [-0.4, -0.2) is 5.97 Å². The van der Waals surface area contributed by atoms with E-state index in [1.165, 1.54) is 0 Å². The van der Waals surface area contributed by atoms with Crippen LogP contribution in [0, 0.1) is 11.3 Å². The first-order chi connectivity index (χ1) is 18.5. The summed E-state index contributed by atoms with van der Waals surface area (Å²) >= 11 is 5.91. The molecule has 0 radical (unpaired) electrons. The van der Waals surface area contributed by atoms with Gasteiger partial charge < -0.3 is 19.9 Å². The first kappa shape index (κ1) is 24.9. The number of hydrogen-bond donors (Lipinski definition) is 1. The molecule has 7 heteroatoms. The average molecular weight is 523 g/mol. The summed E-state index contributed by atoms with van der Waals surface area (Å²) in [6, 6.07) is 31.7. The number of hydrogen-bond acceptors (Lipinski definition) is 6. The van der Waals surface area contributed by atoms with Crippen LogP contribution < -0.4 is 19.9 Å². The Bertz CT molecular complexity index is 1530. The lowest BCUT2D eigenvalue weighted by Crippen LogP contribution is -2.21. The minimum absolute atomic E-state index is 0.0130. The van der Waals surface area contributed by atoms with Crippen molar-refractivity contribution >= 4 is 17.6 Å². The standard InChI is InChI=1S/C31H23ClN2O4/c32-23-10-6-20(7-11-23)16-29(35)37-25-14-15-26-28(17-25)38-31(34)27(18-33)30(26)22-8-12-24(13-9-22)36-19-21-4-2-1-3-5-21/h1-15,17,30H,16,19,34H2. The highest BCUT2D eigenvalue weighted by molar-refractivity contribution is 6.30. The Morgan fingerprint density at radius 3 is 2.34 bits per heavy atom. The van der Waals surface area contributed by atoms with Gasteiger partial charge in [0, 0.05) is 16.7 Å². The molecule has 188 valence electrons. The van der Waals surface area contributed by atoms with Crippen LogP contribution in [0.3, 0.4) is 0 Å². The largest absolute Gasteiger partial charge is 0.489 e. The van der Waals surface area contributed by atoms with E-state index in [4.69, 9.17) is 31.5 Å². The van der Waals surface area contributed by atoms with Crippen molar-refractivity contribution in [1.82, 2.24) is 0 Å². The predicted octanol–water partition coefficient (Wildman–Crippen LogP) is 6.29. The van der Waals surface area contributed by atoms with Gasteiger partial charge >= 0.3 is 5.97 Å². The number of carbonyl (C=O) groups is 1. The molecule has 1 atom stereocenters. The molecule has 0 saturated carbocycles. The van der Waals surface area contributed by atoms with Crippen molar-refractivity contribution in [1.29, 1.82) is 5.26 Å². The molecule has 0 bridgehead atoms. The summed E-state index contributed by atoms with van der Waals surface area (Å²) in [4.78, 5) is 12.5. The lowest BCUT2D eigenvalue weighted by molar-refractivity contribution is -0.133. The molecule has 5 rings (SSSR count). The molecular formula is C31H23ClN2O4. The molecule has 4 aromatic carbocycles. The number of ether oxygens (including phenoxy) is 3. The molecule has 1 aliphatic heterocycles. The number of nitriles is 1. The number of fused-ring (bicyclic) bond motifs is 1. The lowest BCUT2D eigenvalue weighted by Gasteiger charge is -2.26. The zero-order valence-electron chi connectivity index (χ0n) is 20.3. The van der Waals surface area contributed by atoms with Crippen LogP contribution in [0.25, 0.3) is 0 Å². The summed E-state index contributed by atoms with van der Waals surface area (Å²) in [5.41, 5.74) is 9.90. The summed E-state index contributed by atoms with van der Waals surface area (Å²) in [7, 11) is 0. The molecule has 0 saturated heterocycles. The van der Waals surface area contributed by atoms with Crippen LogP contribution in [0.1, 0.15) is 28.2 Å². The minimum atomic E-state index is -0.439. The number of benzene rings is 4. The maximum atomic E-state index is 12.5. The second-order valence-corrected chi connectivity index (χ2v) is 9.18. The Hall–Kier alpha value is -4.73. The third kappa shape index (κ3) is 5.64. The van der Waals surface area contributed by atoms with Gasteiger partial charge in [-0.2, -0.15) is 5.26 Å². The highest BCUT2D eigenvalue weighted by atomic mass is 35.5. The van der Waals surface area contributed by atoms with Gasteiger partial charge in [-0.05, 0) is 47.0 Å². The van der Waals surface area contributed by atoms with E-state index in [0.717, 1.165) is 22.3 Å². The van der Waals surface area contributed by atoms with Gasteiger partial charge in [0.15, 0.2) is 0 Å². The van der Waals surface area contributed by atoms with Crippen molar-refractivity contribution in [3.63, 3.8) is 0 Å². The third-order valence-electron chi connectivity index (χ3n) is 6.15. The van der Waals surface area contributed by atoms with Crippen molar-refractivity contribution in [3.05, 3.63) is 136 Å². The van der Waals surface area contributed by atoms with Crippen LogP contribution in [0.4, 0.5) is 0 Å². The van der Waals surface area contributed by atoms with Crippen LogP contribution in [-0.2, 0) is 17.8 Å². The summed E-state index contributed by atoms with van der Waals surface area (Å²) < 4.78 is 17.2. The van der Waals surface area contributed by atoms with Crippen molar-refractivity contribution in [3.8, 4) is 23.3 Å². The highest BCUT2D eigenvalue weighted by Crippen LogP contribution is 2.43. The molecule has 6 nitrogen and oxygen atoms in total. The van der Waals surface area contributed by atoms with E-state index in [2.05, 4.69) is 6.07 Å². The van der Waals surface area contributed by atoms with Crippen LogP contribution in [0.15, 0.2) is 109 Å². The van der Waals surface area contributed by atoms with Gasteiger partial charge in [-0.25, -0.2) is 0 Å². The number of nitrogens with two attached hydrogens (primary N) is 1. The van der Waals surface area contributed by atoms with Crippen LogP contribution in [0.2, 0.25) is 5.02 Å². The van der Waals surface area contributed by atoms with Crippen LogP contribution in [0.5, 0.6) is 17.2 Å². The molecule has 1 aliphatic rings. The quantitative estimate of drug-likeness (QED) is 0.226. The van der Waals surface area contributed by atoms with E-state index in [9.17, 15) is 10.1 Å². The highest BCUT2D eigenvalue weighted by Gasteiger charge is 2.31. The summed E-state index contributed by atoms with van der Waals surface area (Å²) in [6.07, 6.45) is 0.0943. The number of rotatable bonds is 7. The number of allylic oxidation sites excluding steroid dienone is 1. The zero-order chi connectivity index (χ0) is 26.5. The monoisotopic (exact) mass is 522 g/mol. The van der Waals surface area contributed by atoms with Crippen LogP contribution >= 0.6 is 11.6 Å². The number of halogens is 1. The number of nitrogens with zero attached hydrogens (tertiary/aromatic N) is 1. The maximum Gasteiger partial charge on any atom is 0.315 e. The molecule has 2 N–H and O–H groups in total. The smallest absolute Gasteiger partial charge is 0.315 e. The molecule has 1 heterocycles. The molecular weight excluding hydrogens is 500 g/mol. The number of carbonyl (C=O) groups excluding carboxylic acids is 1. The summed E-state index contributed by atoms with van der Waals surface area (Å²) in [5, 5.41) is 10.4. The molecule has 0 aromatic heterocycles. The van der Waals surface area contributed by atoms with Crippen molar-refractivity contribution in [2.75, 3.05) is 0 Å². The average Bonchev–Trinajstić information content (AvgIpc) is 2.93. The molecule has 38 heavy (non-hydrogen) atoms. The normalized spacial score (nSPS) is 14.2. The Morgan fingerprint density at radius 2 is 1.63 bits per heavy atom. The van der Waals surface area contributed by atoms with E-state index in [0.29, 0.717) is 34.5 Å². The zero-order valence-corrected chi connectivity index (χ0v) is 21.0. The van der Waals surface area contributed by atoms with Gasteiger partial charge in [0.05, 0.1) is 12.3 Å². The topological polar surface area (TPSA) is 94.6 Å². The molecule has 4 aromatic rings. The third-order valence-corrected chi connectivity index (χ3v) is 6.40. The number of esters is 1. The second kappa shape index (κ2) is 11.1. The Balaban J connectivity index is 1.34. The fraction of sp³-hybridized carbons (Fsp3) is 0.0968. The molecule has 0 amide bonds. The Labute approximate surface area is 225 Å². The van der Waals surface area contributed by atoms with Gasteiger partial charge in [0.2, 0.25) is 5.88 Å². The van der Waals surface area contributed by atoms with Crippen molar-refractivity contribution in [2.24, 2.45) is 5.73 Å². The fourth-order valence-electron chi connectivity index (χ4n) is 4.28. The Kier molecular flexibility index (Phi) is 7.30. The Morgan fingerprint density at radius 1 is 0.921 bits per heavy atom. The second-order valence-electron chi connectivity index (χ2n) is 8.75. The summed E-state index contributed by atoms with van der Waals surface area (Å²) in [5.74, 6) is 0.604. The van der Waals surface area contributed by atoms with E-state index < -0.39 is 11.9 Å². The fourth-order valence-corrected chi connectivity index (χ4v) is 4.40. The molecule has 0 fully saturated rings. The maximum absolute atomic E-state index is 12.5. The van der Waals surface area contributed by atoms with Gasteiger partial charge in [-0.3, -0.25) is 4.79 Å². The molecule has 0 aliphatic carbocycles. The van der Waals surface area contributed by atoms with Gasteiger partial charge in [-0.1, -0.05) is 72.3 Å². The van der Waals surface area contributed by atoms with E-state index in [-0.39, 0.29) is 12.3 Å². The minimum Gasteiger partial charge on any atom is -0.489 e. The van der Waals surface area contributed by atoms with Gasteiger partial charge in [0.25, 0.3) is 0 Å². The van der Waals surface area contributed by atoms with E-state index in [1.807, 2.05) is 54.6 Å². The first-order valence-corrected chi connectivity index (χ1v) is 12.3. The van der Waals surface area contributed by atoms with Gasteiger partial charge in [-0.15, -0.1) is 0 Å². The van der Waals surface area contributed by atoms with E-state index >= 15 is 0 Å². The first-order valence-electron chi connectivity index (χ1n) is 11.9. The predicted molar refractivity (Wildman–Crippen MR) is 144 cm³/mol. The van der Waals surface area contributed by atoms with Crippen molar-refractivity contribution < 1.29 is 19.0 Å². The summed E-state index contributed by atoms with van der Waals surface area (Å²) in [6.45, 7) is 0.454.